The number of hydrogen-bond donors (Lipinski definition) is 9. The highest BCUT2D eigenvalue weighted by atomic mass is 32.3. The molecular weight excluding hydrogens is 1060 g/mol. The third-order valence-corrected chi connectivity index (χ3v) is 2.33. The summed E-state index contributed by atoms with van der Waals surface area (Å²) < 4.78 is 36.1. The lowest BCUT2D eigenvalue weighted by Gasteiger charge is -2.20. The van der Waals surface area contributed by atoms with Crippen LogP contribution in [0.3, 0.4) is 0 Å². The highest BCUT2D eigenvalue weighted by Gasteiger charge is 2.18. The van der Waals surface area contributed by atoms with E-state index in [1.807, 2.05) is 20.8 Å². The van der Waals surface area contributed by atoms with E-state index in [1.165, 1.54) is 7.05 Å². The third-order valence-electron chi connectivity index (χ3n) is 1.91. The number of amides is 1. The molecule has 0 bridgehead atoms. The molecule has 61 heavy (non-hydrogen) atoms. The first-order valence-corrected chi connectivity index (χ1v) is 17.0. The number of hydrogen-bond acceptors (Lipinski definition) is 16. The minimum Gasteiger partial charge on any atom is -0.459 e. The number of azide groups is 1. The van der Waals surface area contributed by atoms with Crippen molar-refractivity contribution in [3.63, 3.8) is 0 Å². The van der Waals surface area contributed by atoms with E-state index >= 15 is 0 Å². The molecule has 0 aromatic rings. The van der Waals surface area contributed by atoms with Crippen LogP contribution in [0.2, 0.25) is 0 Å². The SMILES string of the molecule is C.CC(C)(C)OC(=O)CN.CC(C)(C)OC(=O)CN.CC(C)(C)OC(=O)N=[N+]=[N-].CCN.CCN.CCN.CN.CO.CS(C)(=O)(O)OO.S.S.S.S.S.S.S.S.S.S.S.S. The van der Waals surface area contributed by atoms with E-state index in [1.54, 1.807) is 62.3 Å². The predicted molar refractivity (Wildman–Crippen MR) is 325 cm³/mol. The van der Waals surface area contributed by atoms with Crippen molar-refractivity contribution in [2.24, 2.45) is 39.5 Å². The molecule has 0 aliphatic heterocycles. The fraction of sp³-hybridized carbons (Fsp3) is 0.893. The number of aliphatic hydroxyl groups excluding tert-OH is 1. The van der Waals surface area contributed by atoms with Crippen LogP contribution in [0.15, 0.2) is 5.11 Å². The maximum Gasteiger partial charge on any atom is 0.397 e. The molecule has 402 valence electrons. The van der Waals surface area contributed by atoms with Gasteiger partial charge in [0, 0.05) is 29.6 Å². The molecule has 33 heteroatoms. The summed E-state index contributed by atoms with van der Waals surface area (Å²) in [5, 5.41) is 17.4. The lowest BCUT2D eigenvalue weighted by atomic mass is 10.2. The van der Waals surface area contributed by atoms with Gasteiger partial charge in [-0.15, -0.1) is 4.33 Å². The van der Waals surface area contributed by atoms with E-state index in [9.17, 15) is 18.6 Å². The van der Waals surface area contributed by atoms with Crippen LogP contribution in [-0.2, 0) is 37.8 Å². The Morgan fingerprint density at radius 2 is 0.721 bits per heavy atom. The molecule has 0 unspecified atom stereocenters. The van der Waals surface area contributed by atoms with E-state index in [0.717, 1.165) is 39.3 Å². The van der Waals surface area contributed by atoms with Gasteiger partial charge in [0.05, 0.1) is 13.1 Å². The van der Waals surface area contributed by atoms with Crippen LogP contribution in [0.1, 0.15) is 90.5 Å². The highest BCUT2D eigenvalue weighted by Crippen LogP contribution is 2.09. The van der Waals surface area contributed by atoms with Gasteiger partial charge < -0.3 is 58.3 Å². The second-order valence-corrected chi connectivity index (χ2v) is 14.7. The Kier molecular flexibility index (Phi) is 217. The molecule has 1 amide bonds. The Bertz CT molecular complexity index is 830. The molecular formula is C28H101N9O11S13. The molecule has 0 saturated carbocycles. The molecule has 0 heterocycles. The molecule has 0 saturated heterocycles. The summed E-state index contributed by atoms with van der Waals surface area (Å²) in [4.78, 5) is 33.6. The second kappa shape index (κ2) is 92.0. The summed E-state index contributed by atoms with van der Waals surface area (Å²) in [6.45, 7) is 23.8. The lowest BCUT2D eigenvalue weighted by Crippen LogP contribution is -2.29. The predicted octanol–water partition coefficient (Wildman–Crippen LogP) is 3.82. The van der Waals surface area contributed by atoms with Gasteiger partial charge in [-0.2, -0.15) is 162 Å². The quantitative estimate of drug-likeness (QED) is 0.0369. The molecule has 20 nitrogen and oxygen atoms in total. The highest BCUT2D eigenvalue weighted by molar-refractivity contribution is 8.09. The minimum absolute atomic E-state index is 0. The average Bonchev–Trinajstić information content (AvgIpc) is 2.90. The Balaban J connectivity index is -0.0000000143. The summed E-state index contributed by atoms with van der Waals surface area (Å²) in [6.07, 6.45) is 0.906. The number of aliphatic hydroxyl groups is 1. The van der Waals surface area contributed by atoms with E-state index < -0.39 is 32.5 Å². The van der Waals surface area contributed by atoms with Gasteiger partial charge in [0.1, 0.15) is 26.4 Å². The third kappa shape index (κ3) is 287. The minimum atomic E-state index is -4.06. The summed E-state index contributed by atoms with van der Waals surface area (Å²) >= 11 is 0. The molecule has 0 aliphatic carbocycles. The maximum atomic E-state index is 10.5. The molecule has 0 spiro atoms. The van der Waals surface area contributed by atoms with Gasteiger partial charge in [-0.05, 0) is 94.5 Å². The van der Waals surface area contributed by atoms with Crippen molar-refractivity contribution in [2.45, 2.75) is 107 Å². The lowest BCUT2D eigenvalue weighted by molar-refractivity contribution is -0.154. The largest absolute Gasteiger partial charge is 0.459 e. The Morgan fingerprint density at radius 3 is 0.787 bits per heavy atom. The van der Waals surface area contributed by atoms with Crippen LogP contribution < -0.4 is 34.4 Å². The monoisotopic (exact) mass is 1160 g/mol. The fourth-order valence-electron chi connectivity index (χ4n) is 1.09. The number of carbonyl (C=O) groups excluding carboxylic acids is 3. The first-order valence-electron chi connectivity index (χ1n) is 14.4. The van der Waals surface area contributed by atoms with Crippen LogP contribution in [-0.4, -0.2) is 113 Å². The summed E-state index contributed by atoms with van der Waals surface area (Å²) in [5.41, 5.74) is 35.4. The zero-order chi connectivity index (χ0) is 41.5. The van der Waals surface area contributed by atoms with E-state index in [0.29, 0.717) is 0 Å². The zero-order valence-electron chi connectivity index (χ0n) is 38.4. The summed E-state index contributed by atoms with van der Waals surface area (Å²) in [5.74, 6) is -0.718. The van der Waals surface area contributed by atoms with Gasteiger partial charge in [-0.25, -0.2) is 14.3 Å². The number of nitrogens with two attached hydrogens (primary N) is 6. The first-order chi connectivity index (χ1) is 21.4. The van der Waals surface area contributed by atoms with E-state index in [4.69, 9.17) is 58.6 Å². The Morgan fingerprint density at radius 1 is 0.574 bits per heavy atom. The molecule has 0 atom stereocenters. The maximum absolute atomic E-state index is 10.5. The van der Waals surface area contributed by atoms with Gasteiger partial charge in [-0.1, -0.05) is 28.2 Å². The van der Waals surface area contributed by atoms with Crippen molar-refractivity contribution >= 4 is 190 Å². The Hall–Kier alpha value is 1.67. The van der Waals surface area contributed by atoms with Crippen LogP contribution in [0, 0.1) is 0 Å². The standard InChI is InChI=1S/2C6H13NO2.C5H9N3O2.3C2H7N.C2H8O4S.CH5N.CH4O.CH4.12H2S/c2*1-6(2,3)9-5(8)4-7;1-5(2,3)10-4(9)7-8-6;3*1-2-3;1-7(2,4,5)6-3;2*1-2;;;;;;;;;;;;;/h2*4,7H2,1-3H3;1-3H3;3*2-3H2,1H3;3H,1-2H3,(H,4,5);2H2,1H3;2H,1H3;1H4;12*1H2. The fourth-order valence-corrected chi connectivity index (χ4v) is 1.09. The number of ether oxygens (including phenoxy) is 3. The van der Waals surface area contributed by atoms with Gasteiger partial charge in [0.2, 0.25) is 0 Å². The van der Waals surface area contributed by atoms with Crippen molar-refractivity contribution in [2.75, 3.05) is 59.4 Å². The number of carbonyl (C=O) groups is 3. The van der Waals surface area contributed by atoms with E-state index in [-0.39, 0.29) is 194 Å². The molecule has 15 N–H and O–H groups in total. The van der Waals surface area contributed by atoms with Gasteiger partial charge in [0.15, 0.2) is 0 Å². The average molecular weight is 1160 g/mol. The van der Waals surface area contributed by atoms with Crippen molar-refractivity contribution < 1.29 is 52.1 Å². The number of esters is 2. The van der Waals surface area contributed by atoms with Crippen molar-refractivity contribution in [1.29, 1.82) is 0 Å². The molecule has 0 fully saturated rings. The van der Waals surface area contributed by atoms with Crippen molar-refractivity contribution in [3.05, 3.63) is 10.4 Å². The van der Waals surface area contributed by atoms with Gasteiger partial charge >= 0.3 is 18.0 Å². The first kappa shape index (κ1) is 144. The van der Waals surface area contributed by atoms with Crippen LogP contribution in [0.25, 0.3) is 10.4 Å². The molecule has 0 aromatic heterocycles. The smallest absolute Gasteiger partial charge is 0.397 e. The van der Waals surface area contributed by atoms with Crippen molar-refractivity contribution in [3.8, 4) is 0 Å². The molecule has 0 radical (unpaired) electrons. The normalized spacial score (nSPS) is 8.05. The molecule has 0 aromatic carbocycles. The number of rotatable bonds is 3. The topological polar surface area (TPSA) is 371 Å². The summed E-state index contributed by atoms with van der Waals surface area (Å²) in [6, 6.07) is 0. The van der Waals surface area contributed by atoms with Crippen molar-refractivity contribution in [1.82, 2.24) is 0 Å². The molecule has 0 aliphatic rings. The van der Waals surface area contributed by atoms with Crippen LogP contribution in [0.5, 0.6) is 0 Å². The Labute approximate surface area is 454 Å². The van der Waals surface area contributed by atoms with Crippen LogP contribution in [0.4, 0.5) is 4.79 Å². The van der Waals surface area contributed by atoms with Gasteiger partial charge in [-0.3, -0.25) is 9.59 Å². The number of nitrogens with zero attached hydrogens (tertiary/aromatic N) is 3. The zero-order valence-corrected chi connectivity index (χ0v) is 51.2. The molecule has 0 rings (SSSR count). The van der Waals surface area contributed by atoms with Crippen LogP contribution >= 0.6 is 162 Å². The van der Waals surface area contributed by atoms with Gasteiger partial charge in [0.25, 0.3) is 0 Å². The second-order valence-electron chi connectivity index (χ2n) is 11.2. The summed E-state index contributed by atoms with van der Waals surface area (Å²) in [7, 11) is -1.56. The van der Waals surface area contributed by atoms with E-state index in [2.05, 4.69) is 24.8 Å².